The fourth-order valence-corrected chi connectivity index (χ4v) is 2.84. The summed E-state index contributed by atoms with van der Waals surface area (Å²) in [7, 11) is 0. The van der Waals surface area contributed by atoms with Gasteiger partial charge >= 0.3 is 0 Å². The van der Waals surface area contributed by atoms with Crippen LogP contribution in [0.25, 0.3) is 0 Å². The van der Waals surface area contributed by atoms with Crippen molar-refractivity contribution in [2.45, 2.75) is 39.7 Å². The van der Waals surface area contributed by atoms with Crippen molar-refractivity contribution in [3.63, 3.8) is 0 Å². The number of rotatable bonds is 4. The van der Waals surface area contributed by atoms with Crippen LogP contribution in [-0.4, -0.2) is 29.6 Å². The normalized spacial score (nSPS) is 21.1. The van der Waals surface area contributed by atoms with Crippen molar-refractivity contribution in [2.75, 3.05) is 19.6 Å². The topological polar surface area (TPSA) is 23.5 Å². The molecule has 1 fully saturated rings. The van der Waals surface area contributed by atoms with Crippen molar-refractivity contribution >= 4 is 0 Å². The van der Waals surface area contributed by atoms with Gasteiger partial charge in [-0.05, 0) is 42.9 Å². The van der Waals surface area contributed by atoms with E-state index in [0.29, 0.717) is 5.41 Å². The quantitative estimate of drug-likeness (QED) is 0.883. The molecule has 2 rings (SSSR count). The van der Waals surface area contributed by atoms with Crippen LogP contribution in [0.1, 0.15) is 43.9 Å². The molecule has 1 aliphatic heterocycles. The second kappa shape index (κ2) is 5.41. The monoisotopic (exact) mass is 247 g/mol. The summed E-state index contributed by atoms with van der Waals surface area (Å²) in [5.41, 5.74) is 2.72. The van der Waals surface area contributed by atoms with Crippen molar-refractivity contribution in [3.05, 3.63) is 35.4 Å². The lowest BCUT2D eigenvalue weighted by Gasteiger charge is -2.21. The minimum Gasteiger partial charge on any atom is -0.388 e. The Bertz CT molecular complexity index is 400. The average molecular weight is 247 g/mol. The molecule has 1 saturated heterocycles. The Morgan fingerprint density at radius 2 is 2.06 bits per heavy atom. The summed E-state index contributed by atoms with van der Waals surface area (Å²) in [4.78, 5) is 2.47. The largest absolute Gasteiger partial charge is 0.388 e. The Hall–Kier alpha value is -0.860. The third kappa shape index (κ3) is 3.33. The summed E-state index contributed by atoms with van der Waals surface area (Å²) in [5.74, 6) is 0. The number of hydrogen-bond donors (Lipinski definition) is 1. The van der Waals surface area contributed by atoms with Crippen molar-refractivity contribution in [3.8, 4) is 0 Å². The number of aryl methyl sites for hydroxylation is 1. The Kier molecular flexibility index (Phi) is 4.08. The number of hydrogen-bond acceptors (Lipinski definition) is 2. The first-order valence-electron chi connectivity index (χ1n) is 6.94. The van der Waals surface area contributed by atoms with E-state index in [9.17, 15) is 5.11 Å². The van der Waals surface area contributed by atoms with E-state index in [0.717, 1.165) is 25.1 Å². The lowest BCUT2D eigenvalue weighted by Crippen LogP contribution is -2.25. The van der Waals surface area contributed by atoms with Crippen LogP contribution in [0.4, 0.5) is 0 Å². The summed E-state index contributed by atoms with van der Waals surface area (Å²) < 4.78 is 0. The lowest BCUT2D eigenvalue weighted by molar-refractivity contribution is 0.145. The van der Waals surface area contributed by atoms with E-state index in [1.165, 1.54) is 18.5 Å². The molecule has 100 valence electrons. The molecular weight excluding hydrogens is 222 g/mol. The zero-order valence-electron chi connectivity index (χ0n) is 11.8. The van der Waals surface area contributed by atoms with Gasteiger partial charge in [-0.1, -0.05) is 38.1 Å². The number of aliphatic hydroxyl groups excluding tert-OH is 1. The summed E-state index contributed by atoms with van der Waals surface area (Å²) in [5, 5.41) is 10.3. The van der Waals surface area contributed by atoms with Gasteiger partial charge in [0.15, 0.2) is 0 Å². The molecule has 2 nitrogen and oxygen atoms in total. The molecule has 1 N–H and O–H groups in total. The van der Waals surface area contributed by atoms with E-state index in [1.54, 1.807) is 0 Å². The molecule has 0 spiro atoms. The molecule has 1 atom stereocenters. The van der Waals surface area contributed by atoms with E-state index < -0.39 is 0 Å². The number of aliphatic hydroxyl groups is 1. The molecule has 0 bridgehead atoms. The molecule has 0 aromatic heterocycles. The average Bonchev–Trinajstić information content (AvgIpc) is 2.66. The highest BCUT2D eigenvalue weighted by Gasteiger charge is 2.29. The molecule has 0 aliphatic carbocycles. The predicted molar refractivity (Wildman–Crippen MR) is 75.6 cm³/mol. The highest BCUT2D eigenvalue weighted by molar-refractivity contribution is 5.27. The molecule has 0 saturated carbocycles. The van der Waals surface area contributed by atoms with Crippen molar-refractivity contribution in [2.24, 2.45) is 5.41 Å². The van der Waals surface area contributed by atoms with Gasteiger partial charge in [-0.3, -0.25) is 0 Å². The third-order valence-corrected chi connectivity index (χ3v) is 4.02. The first-order valence-corrected chi connectivity index (χ1v) is 6.94. The van der Waals surface area contributed by atoms with Crippen LogP contribution < -0.4 is 0 Å². The Balaban J connectivity index is 1.86. The van der Waals surface area contributed by atoms with Crippen molar-refractivity contribution < 1.29 is 5.11 Å². The Labute approximate surface area is 111 Å². The highest BCUT2D eigenvalue weighted by atomic mass is 16.3. The van der Waals surface area contributed by atoms with Gasteiger partial charge in [0.05, 0.1) is 6.10 Å². The van der Waals surface area contributed by atoms with E-state index in [4.69, 9.17) is 0 Å². The molecule has 18 heavy (non-hydrogen) atoms. The molecule has 1 heterocycles. The maximum Gasteiger partial charge on any atom is 0.0804 e. The van der Waals surface area contributed by atoms with Crippen LogP contribution in [-0.2, 0) is 0 Å². The Morgan fingerprint density at radius 1 is 1.33 bits per heavy atom. The van der Waals surface area contributed by atoms with Gasteiger partial charge in [0.2, 0.25) is 0 Å². The SMILES string of the molecule is Cc1ccccc1C(O)CCN1CCC(C)(C)C1. The molecule has 1 aromatic carbocycles. The summed E-state index contributed by atoms with van der Waals surface area (Å²) in [6, 6.07) is 8.13. The Morgan fingerprint density at radius 3 is 2.67 bits per heavy atom. The smallest absolute Gasteiger partial charge is 0.0804 e. The second-order valence-corrected chi connectivity index (χ2v) is 6.35. The molecule has 0 radical (unpaired) electrons. The minimum absolute atomic E-state index is 0.324. The first-order chi connectivity index (χ1) is 8.48. The van der Waals surface area contributed by atoms with Crippen LogP contribution in [0, 0.1) is 12.3 Å². The zero-order valence-corrected chi connectivity index (χ0v) is 11.8. The number of benzene rings is 1. The maximum atomic E-state index is 10.3. The van der Waals surface area contributed by atoms with Gasteiger partial charge in [0, 0.05) is 13.1 Å². The highest BCUT2D eigenvalue weighted by Crippen LogP contribution is 2.29. The molecule has 2 heteroatoms. The van der Waals surface area contributed by atoms with E-state index in [-0.39, 0.29) is 6.10 Å². The van der Waals surface area contributed by atoms with Gasteiger partial charge in [-0.15, -0.1) is 0 Å². The predicted octanol–water partition coefficient (Wildman–Crippen LogP) is 3.15. The van der Waals surface area contributed by atoms with Gasteiger partial charge < -0.3 is 10.0 Å². The summed E-state index contributed by atoms with van der Waals surface area (Å²) in [6.07, 6.45) is 1.78. The fourth-order valence-electron chi connectivity index (χ4n) is 2.84. The van der Waals surface area contributed by atoms with Crippen LogP contribution in [0.3, 0.4) is 0 Å². The molecule has 1 aromatic rings. The molecule has 1 unspecified atom stereocenters. The van der Waals surface area contributed by atoms with Crippen LogP contribution >= 0.6 is 0 Å². The second-order valence-electron chi connectivity index (χ2n) is 6.35. The molecule has 0 amide bonds. The first kappa shape index (κ1) is 13.6. The van der Waals surface area contributed by atoms with Gasteiger partial charge in [0.25, 0.3) is 0 Å². The van der Waals surface area contributed by atoms with Crippen LogP contribution in [0.5, 0.6) is 0 Å². The van der Waals surface area contributed by atoms with E-state index in [1.807, 2.05) is 18.2 Å². The minimum atomic E-state index is -0.324. The van der Waals surface area contributed by atoms with Gasteiger partial charge in [-0.2, -0.15) is 0 Å². The summed E-state index contributed by atoms with van der Waals surface area (Å²) >= 11 is 0. The van der Waals surface area contributed by atoms with E-state index in [2.05, 4.69) is 31.7 Å². The van der Waals surface area contributed by atoms with Crippen molar-refractivity contribution in [1.29, 1.82) is 0 Å². The third-order valence-electron chi connectivity index (χ3n) is 4.02. The van der Waals surface area contributed by atoms with Crippen LogP contribution in [0.15, 0.2) is 24.3 Å². The van der Waals surface area contributed by atoms with Crippen LogP contribution in [0.2, 0.25) is 0 Å². The van der Waals surface area contributed by atoms with E-state index >= 15 is 0 Å². The summed E-state index contributed by atoms with van der Waals surface area (Å²) in [6.45, 7) is 10.0. The van der Waals surface area contributed by atoms with Gasteiger partial charge in [-0.25, -0.2) is 0 Å². The van der Waals surface area contributed by atoms with Gasteiger partial charge in [0.1, 0.15) is 0 Å². The standard InChI is InChI=1S/C16H25NO/c1-13-6-4-5-7-14(13)15(18)8-10-17-11-9-16(2,3)12-17/h4-7,15,18H,8-12H2,1-3H3. The van der Waals surface area contributed by atoms with Crippen molar-refractivity contribution in [1.82, 2.24) is 4.90 Å². The maximum absolute atomic E-state index is 10.3. The fraction of sp³-hybridized carbons (Fsp3) is 0.625. The zero-order chi connectivity index (χ0) is 13.2. The molecule has 1 aliphatic rings. The number of likely N-dealkylation sites (tertiary alicyclic amines) is 1. The molecular formula is C16H25NO. The number of nitrogens with zero attached hydrogens (tertiary/aromatic N) is 1. The lowest BCUT2D eigenvalue weighted by atomic mass is 9.93.